The molecule has 0 aliphatic heterocycles. The molecule has 2 aromatic rings. The van der Waals surface area contributed by atoms with Crippen molar-refractivity contribution in [3.63, 3.8) is 0 Å². The van der Waals surface area contributed by atoms with Crippen LogP contribution in [0.25, 0.3) is 10.9 Å². The minimum Gasteiger partial charge on any atom is -0.361 e. The zero-order valence-corrected chi connectivity index (χ0v) is 8.17. The third kappa shape index (κ3) is 1.49. The summed E-state index contributed by atoms with van der Waals surface area (Å²) in [7, 11) is 0. The minimum atomic E-state index is 0.584. The third-order valence-corrected chi connectivity index (χ3v) is 2.43. The number of aryl methyl sites for hydroxylation is 2. The number of rotatable bonds is 2. The number of aromatic amines is 1. The number of nitrogens with zero attached hydrogens (tertiary/aromatic N) is 1. The van der Waals surface area contributed by atoms with Crippen LogP contribution in [0, 0.1) is 18.3 Å². The van der Waals surface area contributed by atoms with Crippen molar-refractivity contribution in [3.8, 4) is 6.07 Å². The number of fused-ring (bicyclic) bond motifs is 1. The number of hydrogen-bond donors (Lipinski definition) is 1. The van der Waals surface area contributed by atoms with E-state index in [1.54, 1.807) is 0 Å². The van der Waals surface area contributed by atoms with Crippen molar-refractivity contribution in [2.45, 2.75) is 19.8 Å². The second-order valence-electron chi connectivity index (χ2n) is 3.52. The molecule has 0 radical (unpaired) electrons. The standard InChI is InChI=1S/C12H12N2/c1-9-4-5-12-11(7-9)10(8-14-12)3-2-6-13/h4-5,7-8,14H,2-3H2,1H3. The van der Waals surface area contributed by atoms with Gasteiger partial charge < -0.3 is 4.98 Å². The van der Waals surface area contributed by atoms with Crippen molar-refractivity contribution in [3.05, 3.63) is 35.5 Å². The van der Waals surface area contributed by atoms with Gasteiger partial charge in [0.05, 0.1) is 6.07 Å². The largest absolute Gasteiger partial charge is 0.361 e. The fourth-order valence-electron chi connectivity index (χ4n) is 1.69. The van der Waals surface area contributed by atoms with Gasteiger partial charge in [0.1, 0.15) is 0 Å². The van der Waals surface area contributed by atoms with E-state index in [-0.39, 0.29) is 0 Å². The molecular weight excluding hydrogens is 172 g/mol. The van der Waals surface area contributed by atoms with Gasteiger partial charge in [-0.2, -0.15) is 5.26 Å². The van der Waals surface area contributed by atoms with E-state index in [1.807, 2.05) is 6.20 Å². The van der Waals surface area contributed by atoms with Crippen molar-refractivity contribution in [1.82, 2.24) is 4.98 Å². The number of benzene rings is 1. The smallest absolute Gasteiger partial charge is 0.0625 e. The third-order valence-electron chi connectivity index (χ3n) is 2.43. The molecule has 2 rings (SSSR count). The Kier molecular flexibility index (Phi) is 2.24. The molecule has 0 atom stereocenters. The summed E-state index contributed by atoms with van der Waals surface area (Å²) in [6.07, 6.45) is 3.42. The van der Waals surface area contributed by atoms with Crippen LogP contribution in [0.5, 0.6) is 0 Å². The first-order valence-corrected chi connectivity index (χ1v) is 4.75. The first-order chi connectivity index (χ1) is 6.81. The zero-order valence-electron chi connectivity index (χ0n) is 8.17. The van der Waals surface area contributed by atoms with Crippen LogP contribution in [0.4, 0.5) is 0 Å². The van der Waals surface area contributed by atoms with E-state index in [0.717, 1.165) is 11.9 Å². The van der Waals surface area contributed by atoms with E-state index >= 15 is 0 Å². The molecule has 1 N–H and O–H groups in total. The van der Waals surface area contributed by atoms with Gasteiger partial charge >= 0.3 is 0 Å². The molecule has 2 heteroatoms. The van der Waals surface area contributed by atoms with E-state index in [4.69, 9.17) is 5.26 Å². The fourth-order valence-corrected chi connectivity index (χ4v) is 1.69. The van der Waals surface area contributed by atoms with Crippen LogP contribution in [0.2, 0.25) is 0 Å². The number of H-pyrrole nitrogens is 1. The van der Waals surface area contributed by atoms with Crippen molar-refractivity contribution < 1.29 is 0 Å². The summed E-state index contributed by atoms with van der Waals surface area (Å²) in [5, 5.41) is 9.78. The van der Waals surface area contributed by atoms with Crippen molar-refractivity contribution >= 4 is 10.9 Å². The number of nitriles is 1. The summed E-state index contributed by atoms with van der Waals surface area (Å²) >= 11 is 0. The lowest BCUT2D eigenvalue weighted by atomic mass is 10.1. The van der Waals surface area contributed by atoms with Gasteiger partial charge in [0.15, 0.2) is 0 Å². The first kappa shape index (κ1) is 8.83. The normalized spacial score (nSPS) is 10.3. The molecule has 0 amide bonds. The molecule has 1 aromatic carbocycles. The van der Waals surface area contributed by atoms with Crippen molar-refractivity contribution in [2.75, 3.05) is 0 Å². The second-order valence-corrected chi connectivity index (χ2v) is 3.52. The van der Waals surface area contributed by atoms with Gasteiger partial charge in [0.25, 0.3) is 0 Å². The lowest BCUT2D eigenvalue weighted by Crippen LogP contribution is -1.81. The molecule has 0 fully saturated rings. The summed E-state index contributed by atoms with van der Waals surface area (Å²) in [4.78, 5) is 3.21. The van der Waals surface area contributed by atoms with Gasteiger partial charge in [0, 0.05) is 23.5 Å². The molecule has 0 saturated carbocycles. The quantitative estimate of drug-likeness (QED) is 0.765. The lowest BCUT2D eigenvalue weighted by Gasteiger charge is -1.96. The lowest BCUT2D eigenvalue weighted by molar-refractivity contribution is 1.02. The molecule has 1 aromatic heterocycles. The Morgan fingerprint density at radius 3 is 3.07 bits per heavy atom. The van der Waals surface area contributed by atoms with Gasteiger partial charge in [-0.3, -0.25) is 0 Å². The predicted molar refractivity (Wildman–Crippen MR) is 57.0 cm³/mol. The molecule has 0 aliphatic carbocycles. The van der Waals surface area contributed by atoms with E-state index in [1.165, 1.54) is 16.5 Å². The van der Waals surface area contributed by atoms with Gasteiger partial charge in [-0.15, -0.1) is 0 Å². The van der Waals surface area contributed by atoms with Gasteiger partial charge in [-0.25, -0.2) is 0 Å². The van der Waals surface area contributed by atoms with Gasteiger partial charge in [-0.05, 0) is 31.0 Å². The summed E-state index contributed by atoms with van der Waals surface area (Å²) in [5.74, 6) is 0. The van der Waals surface area contributed by atoms with E-state index < -0.39 is 0 Å². The van der Waals surface area contributed by atoms with Gasteiger partial charge in [-0.1, -0.05) is 11.6 Å². The molecule has 0 bridgehead atoms. The van der Waals surface area contributed by atoms with Gasteiger partial charge in [0.2, 0.25) is 0 Å². The molecule has 70 valence electrons. The maximum atomic E-state index is 8.53. The van der Waals surface area contributed by atoms with Crippen LogP contribution in [0.15, 0.2) is 24.4 Å². The van der Waals surface area contributed by atoms with Crippen LogP contribution in [0.3, 0.4) is 0 Å². The Labute approximate surface area is 83.2 Å². The SMILES string of the molecule is Cc1ccc2[nH]cc(CCC#N)c2c1. The van der Waals surface area contributed by atoms with Crippen molar-refractivity contribution in [1.29, 1.82) is 5.26 Å². The molecule has 14 heavy (non-hydrogen) atoms. The number of hydrogen-bond acceptors (Lipinski definition) is 1. The number of nitrogens with one attached hydrogen (secondary N) is 1. The maximum absolute atomic E-state index is 8.53. The summed E-state index contributed by atoms with van der Waals surface area (Å²) in [5.41, 5.74) is 3.66. The predicted octanol–water partition coefficient (Wildman–Crippen LogP) is 2.93. The highest BCUT2D eigenvalue weighted by Gasteiger charge is 2.02. The summed E-state index contributed by atoms with van der Waals surface area (Å²) < 4.78 is 0. The zero-order chi connectivity index (χ0) is 9.97. The molecular formula is C12H12N2. The Morgan fingerprint density at radius 2 is 2.29 bits per heavy atom. The second kappa shape index (κ2) is 3.55. The molecule has 0 saturated heterocycles. The minimum absolute atomic E-state index is 0.584. The van der Waals surface area contributed by atoms with Crippen LogP contribution in [-0.4, -0.2) is 4.98 Å². The maximum Gasteiger partial charge on any atom is 0.0625 e. The molecule has 1 heterocycles. The highest BCUT2D eigenvalue weighted by atomic mass is 14.7. The van der Waals surface area contributed by atoms with E-state index in [9.17, 15) is 0 Å². The fraction of sp³-hybridized carbons (Fsp3) is 0.250. The Hall–Kier alpha value is -1.75. The topological polar surface area (TPSA) is 39.6 Å². The van der Waals surface area contributed by atoms with Crippen molar-refractivity contribution in [2.24, 2.45) is 0 Å². The summed E-state index contributed by atoms with van der Waals surface area (Å²) in [6, 6.07) is 8.51. The average molecular weight is 184 g/mol. The Bertz CT molecular complexity index is 488. The Balaban J connectivity index is 2.46. The van der Waals surface area contributed by atoms with Crippen LogP contribution in [-0.2, 0) is 6.42 Å². The average Bonchev–Trinajstić information content (AvgIpc) is 2.57. The van der Waals surface area contributed by atoms with Crippen LogP contribution < -0.4 is 0 Å². The highest BCUT2D eigenvalue weighted by Crippen LogP contribution is 2.20. The Morgan fingerprint density at radius 1 is 1.43 bits per heavy atom. The van der Waals surface area contributed by atoms with E-state index in [0.29, 0.717) is 6.42 Å². The molecule has 0 aliphatic rings. The van der Waals surface area contributed by atoms with Crippen LogP contribution >= 0.6 is 0 Å². The first-order valence-electron chi connectivity index (χ1n) is 4.75. The van der Waals surface area contributed by atoms with Crippen LogP contribution in [0.1, 0.15) is 17.5 Å². The number of aromatic nitrogens is 1. The highest BCUT2D eigenvalue weighted by molar-refractivity contribution is 5.83. The summed E-state index contributed by atoms with van der Waals surface area (Å²) in [6.45, 7) is 2.08. The molecule has 0 unspecified atom stereocenters. The van der Waals surface area contributed by atoms with E-state index in [2.05, 4.69) is 36.2 Å². The molecule has 2 nitrogen and oxygen atoms in total. The monoisotopic (exact) mass is 184 g/mol. The molecule has 0 spiro atoms.